The van der Waals surface area contributed by atoms with Gasteiger partial charge in [0.15, 0.2) is 50.3 Å². The highest BCUT2D eigenvalue weighted by molar-refractivity contribution is 5.02. The molecule has 0 radical (unpaired) electrons. The molecule has 0 aromatic heterocycles. The Morgan fingerprint density at radius 2 is 0.284 bits per heavy atom. The first-order valence-electron chi connectivity index (χ1n) is 28.2. The highest BCUT2D eigenvalue weighted by Gasteiger charge is 2.60. The molecule has 0 spiro atoms. The number of rotatable bonds is 8. The SMILES string of the molecule is NC[C@H]1O[C@@H]2O[C@H]3[C@H](O)[C@H](O)[C@@H](O[C@H]4[C@@H](O)[C@H](O)[C@@H](O[C@H]5[C@H](O)[C@@H](O)[C@@H](O[C@H]6[C@@H](O)[C@H](O)[C@@H](O[C@H]7[C@@H](O)[C@H](O)[C@@H](O[C@H]8[C@H](O)[C@H](O)[C@@H](O[C@H]9[C@@H](O)[C@H](O)[C@@H](O[C@H]1[C@H](O)[C@H]2O)O[C@@H]9CO)O[C@@H]8CO)O[C@H]7CO)O[C@@H]6CO)O[C@@H]5CO)O[C@@H]4CO)O[C@@H]3CO. The lowest BCUT2D eigenvalue weighted by Crippen LogP contribution is -2.69. The van der Waals surface area contributed by atoms with Crippen molar-refractivity contribution in [3.63, 3.8) is 0 Å². The molecule has 30 fully saturated rings. The minimum absolute atomic E-state index is 0.580. The molecular weight excluding hydrogens is 1210 g/mol. The molecule has 30 heterocycles. The van der Waals surface area contributed by atoms with Gasteiger partial charge in [-0.15, -0.1) is 0 Å². The van der Waals surface area contributed by atoms with E-state index in [4.69, 9.17) is 81.5 Å². The predicted octanol–water partition coefficient (Wildman–Crippen LogP) is -17.4. The van der Waals surface area contributed by atoms with Crippen LogP contribution in [0.5, 0.6) is 0 Å². The standard InChI is InChI=1S/C48H81NO39/c49-1-9-33-17(57)25(65)41(73-9)82-34-10(2-50)75-43(27(67)19(34)59)84-36-12(4-52)77-45(29(69)21(36)61)86-38-14(6-54)79-47(31(71)23(38)63)88-40-16(8-56)80-48(32(72)24(40)64)87-39-15(7-55)78-46(30(70)22(39)62)85-37-13(5-53)76-44(28(68)20(37)60)83-35-11(3-51)74-42(81-33)26(66)18(35)58/h9-48,50-72H,1-8,49H2/t9-,10-,11-,12-,13-,14-,15+,16-,17-,18+,19-,20-,21+,22+,23-,24+,25-,26+,27+,28+,29+,30+,31-,32+,33-,34-,35-,36-,37-,38-,39-,40-,41-,42-,43-,44-,45-,46-,47-,48-/m1/s1. The van der Waals surface area contributed by atoms with Gasteiger partial charge >= 0.3 is 0 Å². The first-order chi connectivity index (χ1) is 41.9. The van der Waals surface area contributed by atoms with E-state index in [1.54, 1.807) is 0 Å². The second-order valence-electron chi connectivity index (χ2n) is 22.5. The van der Waals surface area contributed by atoms with Crippen LogP contribution in [0.1, 0.15) is 0 Å². The van der Waals surface area contributed by atoms with Gasteiger partial charge in [0.2, 0.25) is 0 Å². The fraction of sp³-hybridized carbons (Fsp3) is 1.00. The van der Waals surface area contributed by atoms with Gasteiger partial charge in [-0.3, -0.25) is 0 Å². The van der Waals surface area contributed by atoms with E-state index in [-0.39, 0.29) is 0 Å². The molecule has 88 heavy (non-hydrogen) atoms. The zero-order chi connectivity index (χ0) is 64.1. The first-order valence-corrected chi connectivity index (χ1v) is 28.2. The van der Waals surface area contributed by atoms with Crippen molar-refractivity contribution in [2.75, 3.05) is 52.8 Å². The van der Waals surface area contributed by atoms with E-state index in [2.05, 4.69) is 0 Å². The van der Waals surface area contributed by atoms with Crippen molar-refractivity contribution in [3.8, 4) is 0 Å². The van der Waals surface area contributed by atoms with E-state index >= 15 is 0 Å². The van der Waals surface area contributed by atoms with Gasteiger partial charge in [-0.25, -0.2) is 0 Å². The van der Waals surface area contributed by atoms with Crippen LogP contribution in [0.4, 0.5) is 0 Å². The highest BCUT2D eigenvalue weighted by Crippen LogP contribution is 2.39. The monoisotopic (exact) mass is 1300 g/mol. The Morgan fingerprint density at radius 1 is 0.170 bits per heavy atom. The number of nitrogens with two attached hydrogens (primary N) is 1. The van der Waals surface area contributed by atoms with Gasteiger partial charge in [-0.1, -0.05) is 0 Å². The summed E-state index contributed by atoms with van der Waals surface area (Å²) in [5.41, 5.74) is 5.96. The number of hydrogen-bond acceptors (Lipinski definition) is 40. The number of aliphatic hydroxyl groups excluding tert-OH is 23. The third kappa shape index (κ3) is 13.8. The Kier molecular flexibility index (Phi) is 24.1. The Hall–Kier alpha value is -1.60. The van der Waals surface area contributed by atoms with Crippen LogP contribution < -0.4 is 5.73 Å². The smallest absolute Gasteiger partial charge is 0.187 e. The van der Waals surface area contributed by atoms with Crippen LogP contribution >= 0.6 is 0 Å². The second kappa shape index (κ2) is 30.0. The maximum atomic E-state index is 11.4. The zero-order valence-electron chi connectivity index (χ0n) is 46.1. The van der Waals surface area contributed by atoms with Crippen molar-refractivity contribution < 1.29 is 193 Å². The summed E-state index contributed by atoms with van der Waals surface area (Å²) in [5, 5.41) is 255. The van der Waals surface area contributed by atoms with E-state index in [0.29, 0.717) is 0 Å². The van der Waals surface area contributed by atoms with Crippen LogP contribution in [-0.2, 0) is 75.8 Å². The van der Waals surface area contributed by atoms with Crippen LogP contribution in [0.3, 0.4) is 0 Å². The summed E-state index contributed by atoms with van der Waals surface area (Å²) >= 11 is 0. The van der Waals surface area contributed by atoms with Gasteiger partial charge < -0.3 is 199 Å². The van der Waals surface area contributed by atoms with Gasteiger partial charge in [0.25, 0.3) is 0 Å². The van der Waals surface area contributed by atoms with E-state index in [1.165, 1.54) is 0 Å². The molecule has 0 amide bonds. The van der Waals surface area contributed by atoms with Gasteiger partial charge in [0.05, 0.1) is 46.2 Å². The molecule has 0 aromatic rings. The maximum absolute atomic E-state index is 11.4. The number of aliphatic hydroxyl groups is 23. The lowest BCUT2D eigenvalue weighted by molar-refractivity contribution is -0.403. The minimum Gasteiger partial charge on any atom is -0.394 e. The molecule has 40 nitrogen and oxygen atoms in total. The zero-order valence-corrected chi connectivity index (χ0v) is 46.1. The first kappa shape index (κ1) is 70.7. The Bertz CT molecular complexity index is 1710. The number of hydrogen-bond donors (Lipinski definition) is 24. The maximum Gasteiger partial charge on any atom is 0.187 e. The topological polar surface area (TPSA) is 639 Å². The summed E-state index contributed by atoms with van der Waals surface area (Å²) in [5.74, 6) is 0. The van der Waals surface area contributed by atoms with Crippen molar-refractivity contribution in [1.29, 1.82) is 0 Å². The summed E-state index contributed by atoms with van der Waals surface area (Å²) in [6, 6.07) is 0. The van der Waals surface area contributed by atoms with Crippen molar-refractivity contribution in [2.24, 2.45) is 5.73 Å². The van der Waals surface area contributed by atoms with Crippen LogP contribution in [0.2, 0.25) is 0 Å². The third-order valence-electron chi connectivity index (χ3n) is 16.9. The Balaban J connectivity index is 0.975. The molecule has 40 heteroatoms. The average molecular weight is 1300 g/mol. The van der Waals surface area contributed by atoms with Crippen LogP contribution in [0, 0.1) is 0 Å². The minimum atomic E-state index is -2.24. The second-order valence-corrected chi connectivity index (χ2v) is 22.5. The largest absolute Gasteiger partial charge is 0.394 e. The van der Waals surface area contributed by atoms with Gasteiger partial charge in [-0.2, -0.15) is 0 Å². The Morgan fingerprint density at radius 3 is 0.398 bits per heavy atom. The summed E-state index contributed by atoms with van der Waals surface area (Å²) in [4.78, 5) is 0. The average Bonchev–Trinajstić information content (AvgIpc) is 1.09. The quantitative estimate of drug-likeness (QED) is 0.107. The molecular formula is C48H81NO39. The fourth-order valence-corrected chi connectivity index (χ4v) is 11.9. The molecule has 30 saturated heterocycles. The normalized spacial score (nSPS) is 55.4. The van der Waals surface area contributed by atoms with E-state index in [0.717, 1.165) is 0 Å². The molecule has 0 aliphatic carbocycles. The fourth-order valence-electron chi connectivity index (χ4n) is 11.9. The molecule has 40 atom stereocenters. The van der Waals surface area contributed by atoms with Crippen LogP contribution in [-0.4, -0.2) is 416 Å². The third-order valence-corrected chi connectivity index (χ3v) is 16.9. The molecule has 0 unspecified atom stereocenters. The molecule has 30 aliphatic rings. The van der Waals surface area contributed by atoms with Gasteiger partial charge in [0.1, 0.15) is 195 Å². The molecule has 30 aliphatic heterocycles. The number of ether oxygens (including phenoxy) is 16. The molecule has 512 valence electrons. The lowest BCUT2D eigenvalue weighted by atomic mass is 9.94. The van der Waals surface area contributed by atoms with Crippen LogP contribution in [0.15, 0.2) is 0 Å². The van der Waals surface area contributed by atoms with Crippen molar-refractivity contribution in [3.05, 3.63) is 0 Å². The van der Waals surface area contributed by atoms with Crippen molar-refractivity contribution in [1.82, 2.24) is 0 Å². The molecule has 30 rings (SSSR count). The van der Waals surface area contributed by atoms with Crippen molar-refractivity contribution in [2.45, 2.75) is 246 Å². The van der Waals surface area contributed by atoms with Gasteiger partial charge in [-0.05, 0) is 0 Å². The molecule has 16 bridgehead atoms. The van der Waals surface area contributed by atoms with E-state index in [1.807, 2.05) is 0 Å². The molecule has 0 aromatic carbocycles. The van der Waals surface area contributed by atoms with E-state index in [9.17, 15) is 117 Å². The molecule has 25 N–H and O–H groups in total. The summed E-state index contributed by atoms with van der Waals surface area (Å²) in [7, 11) is 0. The summed E-state index contributed by atoms with van der Waals surface area (Å²) in [6.07, 6.45) is -80.9. The predicted molar refractivity (Wildman–Crippen MR) is 263 cm³/mol. The van der Waals surface area contributed by atoms with Crippen molar-refractivity contribution >= 4 is 0 Å². The Labute approximate surface area is 496 Å². The summed E-state index contributed by atoms with van der Waals surface area (Å²) in [6.45, 7) is -8.06. The van der Waals surface area contributed by atoms with E-state index < -0.39 is 298 Å². The van der Waals surface area contributed by atoms with Gasteiger partial charge in [0, 0.05) is 6.54 Å². The molecule has 0 saturated carbocycles. The van der Waals surface area contributed by atoms with Crippen LogP contribution in [0.25, 0.3) is 0 Å². The lowest BCUT2D eigenvalue weighted by Gasteiger charge is -2.50. The summed E-state index contributed by atoms with van der Waals surface area (Å²) < 4.78 is 91.5. The highest BCUT2D eigenvalue weighted by atomic mass is 16.8.